The Labute approximate surface area is 259 Å². The maximum atomic E-state index is 5.10. The predicted octanol–water partition coefficient (Wildman–Crippen LogP) is 10.9. The highest BCUT2D eigenvalue weighted by Crippen LogP contribution is 2.43. The molecule has 0 N–H and O–H groups in total. The van der Waals surface area contributed by atoms with E-state index in [0.29, 0.717) is 0 Å². The Bertz CT molecular complexity index is 2410. The second-order valence-electron chi connectivity index (χ2n) is 11.4. The quantitative estimate of drug-likeness (QED) is 0.207. The van der Waals surface area contributed by atoms with Crippen molar-refractivity contribution in [2.75, 3.05) is 0 Å². The molecular weight excluding hydrogens is 555 g/mol. The molecule has 1 unspecified atom stereocenters. The van der Waals surface area contributed by atoms with Gasteiger partial charge in [0.2, 0.25) is 0 Å². The van der Waals surface area contributed by atoms with Crippen LogP contribution in [0.3, 0.4) is 0 Å². The van der Waals surface area contributed by atoms with Gasteiger partial charge in [-0.05, 0) is 42.8 Å². The van der Waals surface area contributed by atoms with Gasteiger partial charge in [0.15, 0.2) is 0 Å². The molecule has 9 rings (SSSR count). The molecule has 3 aromatic heterocycles. The van der Waals surface area contributed by atoms with E-state index < -0.39 is 0 Å². The average Bonchev–Trinajstić information content (AvgIpc) is 3.65. The topological polar surface area (TPSA) is 30.7 Å². The lowest BCUT2D eigenvalue weighted by molar-refractivity contribution is 0.775. The fourth-order valence-corrected chi connectivity index (χ4v) is 7.86. The molecule has 0 fully saturated rings. The first-order valence-corrected chi connectivity index (χ1v) is 15.9. The number of hydrogen-bond acceptors (Lipinski definition) is 3. The zero-order valence-corrected chi connectivity index (χ0v) is 24.7. The van der Waals surface area contributed by atoms with Crippen molar-refractivity contribution in [3.8, 4) is 28.2 Å². The Hall–Kier alpha value is -5.32. The molecule has 3 nitrogen and oxygen atoms in total. The van der Waals surface area contributed by atoms with E-state index in [2.05, 4.69) is 144 Å². The van der Waals surface area contributed by atoms with Crippen molar-refractivity contribution in [2.45, 2.75) is 12.3 Å². The number of nitrogens with zero attached hydrogens (tertiary/aromatic N) is 3. The molecule has 1 aliphatic rings. The Morgan fingerprint density at radius 3 is 2.14 bits per heavy atom. The summed E-state index contributed by atoms with van der Waals surface area (Å²) in [6.45, 7) is 0. The standard InChI is InChI=1S/C40H27N3S/c1-3-11-26(12-4-1)33-25-34(42-40(41-33)28-13-5-2-6-14-28)27-19-21-29(22-20-27)43-35-17-9-7-16-32(35)38-36(43)24-23-31-30-15-8-10-18-37(30)44-39(31)38/h1-13,15-25,28H,14H2. The van der Waals surface area contributed by atoms with E-state index in [1.54, 1.807) is 0 Å². The van der Waals surface area contributed by atoms with Crippen LogP contribution in [0.4, 0.5) is 0 Å². The maximum Gasteiger partial charge on any atom is 0.136 e. The first kappa shape index (κ1) is 25.2. The van der Waals surface area contributed by atoms with Crippen molar-refractivity contribution in [3.63, 3.8) is 0 Å². The third kappa shape index (κ3) is 4.03. The number of hydrogen-bond donors (Lipinski definition) is 0. The first-order valence-electron chi connectivity index (χ1n) is 15.0. The SMILES string of the molecule is C1=CCC(c2nc(-c3ccccc3)cc(-c3ccc(-n4c5ccccc5c5c6sc7ccccc7c6ccc54)cc3)n2)C=C1. The van der Waals surface area contributed by atoms with Gasteiger partial charge in [-0.15, -0.1) is 11.3 Å². The highest BCUT2D eigenvalue weighted by atomic mass is 32.1. The molecule has 0 aliphatic heterocycles. The van der Waals surface area contributed by atoms with Gasteiger partial charge in [0.1, 0.15) is 5.82 Å². The monoisotopic (exact) mass is 581 g/mol. The number of thiophene rings is 1. The van der Waals surface area contributed by atoms with E-state index in [1.807, 2.05) is 17.4 Å². The minimum Gasteiger partial charge on any atom is -0.309 e. The van der Waals surface area contributed by atoms with Crippen molar-refractivity contribution < 1.29 is 0 Å². The lowest BCUT2D eigenvalue weighted by atomic mass is 9.99. The summed E-state index contributed by atoms with van der Waals surface area (Å²) in [6, 6.07) is 43.5. The average molecular weight is 582 g/mol. The van der Waals surface area contributed by atoms with Crippen LogP contribution in [0.25, 0.3) is 70.2 Å². The van der Waals surface area contributed by atoms with Crippen LogP contribution in [-0.2, 0) is 0 Å². The van der Waals surface area contributed by atoms with Crippen LogP contribution in [0, 0.1) is 0 Å². The van der Waals surface area contributed by atoms with Crippen LogP contribution in [0.5, 0.6) is 0 Å². The van der Waals surface area contributed by atoms with Crippen LogP contribution in [0.1, 0.15) is 18.2 Å². The van der Waals surface area contributed by atoms with Crippen molar-refractivity contribution in [2.24, 2.45) is 0 Å². The van der Waals surface area contributed by atoms with Gasteiger partial charge in [0.05, 0.1) is 22.4 Å². The van der Waals surface area contributed by atoms with Crippen molar-refractivity contribution in [1.29, 1.82) is 0 Å². The van der Waals surface area contributed by atoms with Gasteiger partial charge < -0.3 is 4.57 Å². The summed E-state index contributed by atoms with van der Waals surface area (Å²) in [6.07, 6.45) is 9.49. The van der Waals surface area contributed by atoms with Gasteiger partial charge >= 0.3 is 0 Å². The van der Waals surface area contributed by atoms with E-state index >= 15 is 0 Å². The van der Waals surface area contributed by atoms with Crippen LogP contribution in [0.2, 0.25) is 0 Å². The summed E-state index contributed by atoms with van der Waals surface area (Å²) < 4.78 is 5.08. The second-order valence-corrected chi connectivity index (χ2v) is 12.4. The largest absolute Gasteiger partial charge is 0.309 e. The molecule has 4 heteroatoms. The zero-order chi connectivity index (χ0) is 29.0. The minimum atomic E-state index is 0.171. The van der Waals surface area contributed by atoms with Gasteiger partial charge in [-0.25, -0.2) is 9.97 Å². The van der Waals surface area contributed by atoms with Crippen LogP contribution >= 0.6 is 11.3 Å². The summed E-state index contributed by atoms with van der Waals surface area (Å²) >= 11 is 1.89. The van der Waals surface area contributed by atoms with Crippen LogP contribution < -0.4 is 0 Å². The molecule has 5 aromatic carbocycles. The van der Waals surface area contributed by atoms with E-state index in [-0.39, 0.29) is 5.92 Å². The van der Waals surface area contributed by atoms with Crippen LogP contribution in [-0.4, -0.2) is 14.5 Å². The second kappa shape index (κ2) is 10.1. The molecule has 0 amide bonds. The van der Waals surface area contributed by atoms with Crippen molar-refractivity contribution in [3.05, 3.63) is 151 Å². The molecule has 0 radical (unpaired) electrons. The highest BCUT2D eigenvalue weighted by Gasteiger charge is 2.19. The maximum absolute atomic E-state index is 5.10. The first-order chi connectivity index (χ1) is 21.8. The van der Waals surface area contributed by atoms with E-state index in [1.165, 1.54) is 42.0 Å². The molecule has 3 heterocycles. The fourth-order valence-electron chi connectivity index (χ4n) is 6.60. The third-order valence-corrected chi connectivity index (χ3v) is 9.93. The Balaban J connectivity index is 1.20. The number of para-hydroxylation sites is 1. The molecule has 1 atom stereocenters. The summed E-state index contributed by atoms with van der Waals surface area (Å²) in [5.41, 5.74) is 7.65. The van der Waals surface area contributed by atoms with E-state index in [0.717, 1.165) is 40.4 Å². The van der Waals surface area contributed by atoms with Gasteiger partial charge in [0, 0.05) is 53.7 Å². The van der Waals surface area contributed by atoms with Crippen molar-refractivity contribution >= 4 is 53.3 Å². The number of benzene rings is 5. The Morgan fingerprint density at radius 2 is 1.34 bits per heavy atom. The summed E-state index contributed by atoms with van der Waals surface area (Å²) in [5.74, 6) is 1.03. The molecule has 1 aliphatic carbocycles. The molecule has 0 saturated carbocycles. The van der Waals surface area contributed by atoms with E-state index in [9.17, 15) is 0 Å². The molecule has 208 valence electrons. The number of allylic oxidation sites excluding steroid dienone is 4. The molecule has 44 heavy (non-hydrogen) atoms. The van der Waals surface area contributed by atoms with E-state index in [4.69, 9.17) is 9.97 Å². The number of aromatic nitrogens is 3. The fraction of sp³-hybridized carbons (Fsp3) is 0.0500. The lowest BCUT2D eigenvalue weighted by Gasteiger charge is -2.15. The Kier molecular flexibility index (Phi) is 5.81. The number of rotatable bonds is 4. The van der Waals surface area contributed by atoms with Gasteiger partial charge in [-0.3, -0.25) is 0 Å². The molecule has 0 bridgehead atoms. The van der Waals surface area contributed by atoms with Gasteiger partial charge in [0.25, 0.3) is 0 Å². The summed E-state index contributed by atoms with van der Waals surface area (Å²) in [5, 5.41) is 5.26. The van der Waals surface area contributed by atoms with Gasteiger partial charge in [-0.1, -0.05) is 109 Å². The third-order valence-electron chi connectivity index (χ3n) is 8.73. The number of fused-ring (bicyclic) bond motifs is 7. The molecular formula is C40H27N3S. The summed E-state index contributed by atoms with van der Waals surface area (Å²) in [4.78, 5) is 10.1. The molecule has 0 saturated heterocycles. The molecule has 8 aromatic rings. The predicted molar refractivity (Wildman–Crippen MR) is 186 cm³/mol. The Morgan fingerprint density at radius 1 is 0.614 bits per heavy atom. The molecule has 0 spiro atoms. The summed E-state index contributed by atoms with van der Waals surface area (Å²) in [7, 11) is 0. The zero-order valence-electron chi connectivity index (χ0n) is 23.9. The highest BCUT2D eigenvalue weighted by molar-refractivity contribution is 7.26. The van der Waals surface area contributed by atoms with Crippen LogP contribution in [0.15, 0.2) is 146 Å². The van der Waals surface area contributed by atoms with Gasteiger partial charge in [-0.2, -0.15) is 0 Å². The lowest BCUT2D eigenvalue weighted by Crippen LogP contribution is -2.05. The van der Waals surface area contributed by atoms with Crippen molar-refractivity contribution in [1.82, 2.24) is 14.5 Å². The smallest absolute Gasteiger partial charge is 0.136 e. The normalized spacial score (nSPS) is 14.8. The minimum absolute atomic E-state index is 0.171.